The van der Waals surface area contributed by atoms with E-state index in [1.165, 1.54) is 0 Å². The van der Waals surface area contributed by atoms with E-state index in [-0.39, 0.29) is 18.3 Å². The van der Waals surface area contributed by atoms with Crippen molar-refractivity contribution in [3.63, 3.8) is 0 Å². The lowest BCUT2D eigenvalue weighted by Crippen LogP contribution is -2.20. The SMILES string of the molecule is Cc1cc(Cn2cc3c(NC(=O)CC4CC4)nccc3n2)nnc1OCC(F)(F)F. The standard InChI is InChI=1S/C19H19F3N6O2/c1-11-6-13(25-26-18(11)30-10-19(20,21)22)8-28-9-14-15(27-28)4-5-23-17(14)24-16(29)7-12-2-3-12/h4-6,9,12H,2-3,7-8,10H2,1H3,(H,23,24,29). The van der Waals surface area contributed by atoms with Crippen LogP contribution in [-0.4, -0.2) is 43.7 Å². The number of pyridine rings is 1. The van der Waals surface area contributed by atoms with E-state index in [1.54, 1.807) is 36.1 Å². The van der Waals surface area contributed by atoms with Crippen molar-refractivity contribution in [1.29, 1.82) is 0 Å². The Morgan fingerprint density at radius 2 is 2.13 bits per heavy atom. The highest BCUT2D eigenvalue weighted by molar-refractivity contribution is 5.99. The van der Waals surface area contributed by atoms with E-state index < -0.39 is 12.8 Å². The molecular weight excluding hydrogens is 401 g/mol. The number of hydrogen-bond acceptors (Lipinski definition) is 6. The number of alkyl halides is 3. The Morgan fingerprint density at radius 1 is 1.33 bits per heavy atom. The maximum Gasteiger partial charge on any atom is 0.422 e. The molecule has 11 heteroatoms. The Bertz CT molecular complexity index is 1080. The third-order valence-electron chi connectivity index (χ3n) is 4.60. The van der Waals surface area contributed by atoms with Crippen LogP contribution in [0.2, 0.25) is 0 Å². The third kappa shape index (κ3) is 5.02. The van der Waals surface area contributed by atoms with Crippen molar-refractivity contribution in [2.45, 2.75) is 38.9 Å². The highest BCUT2D eigenvalue weighted by Crippen LogP contribution is 2.32. The van der Waals surface area contributed by atoms with Crippen LogP contribution in [-0.2, 0) is 11.3 Å². The number of ether oxygens (including phenoxy) is 1. The van der Waals surface area contributed by atoms with Crippen LogP contribution in [0.25, 0.3) is 10.9 Å². The number of nitrogens with zero attached hydrogens (tertiary/aromatic N) is 5. The van der Waals surface area contributed by atoms with Crippen LogP contribution < -0.4 is 10.1 Å². The average molecular weight is 420 g/mol. The predicted octanol–water partition coefficient (Wildman–Crippen LogP) is 3.26. The van der Waals surface area contributed by atoms with Gasteiger partial charge in [0.05, 0.1) is 23.1 Å². The molecule has 1 amide bonds. The van der Waals surface area contributed by atoms with Gasteiger partial charge in [-0.25, -0.2) is 4.98 Å². The summed E-state index contributed by atoms with van der Waals surface area (Å²) in [5.74, 6) is 0.687. The number of fused-ring (bicyclic) bond motifs is 1. The minimum absolute atomic E-state index is 0.0683. The molecule has 1 saturated carbocycles. The van der Waals surface area contributed by atoms with Gasteiger partial charge in [-0.15, -0.1) is 10.2 Å². The fraction of sp³-hybridized carbons (Fsp3) is 0.421. The van der Waals surface area contributed by atoms with Crippen LogP contribution in [0, 0.1) is 12.8 Å². The molecule has 0 spiro atoms. The number of rotatable bonds is 7. The monoisotopic (exact) mass is 420 g/mol. The Balaban J connectivity index is 1.48. The highest BCUT2D eigenvalue weighted by Gasteiger charge is 2.29. The molecule has 0 atom stereocenters. The molecule has 1 N–H and O–H groups in total. The van der Waals surface area contributed by atoms with Crippen LogP contribution in [0.3, 0.4) is 0 Å². The summed E-state index contributed by atoms with van der Waals surface area (Å²) in [7, 11) is 0. The van der Waals surface area contributed by atoms with Crippen LogP contribution in [0.15, 0.2) is 24.5 Å². The maximum atomic E-state index is 12.3. The van der Waals surface area contributed by atoms with Gasteiger partial charge >= 0.3 is 6.18 Å². The van der Waals surface area contributed by atoms with Crippen LogP contribution in [0.1, 0.15) is 30.5 Å². The van der Waals surface area contributed by atoms with Crippen LogP contribution in [0.5, 0.6) is 5.88 Å². The van der Waals surface area contributed by atoms with E-state index in [2.05, 4.69) is 30.3 Å². The molecule has 1 aliphatic rings. The van der Waals surface area contributed by atoms with Gasteiger partial charge in [-0.2, -0.15) is 18.3 Å². The molecule has 1 fully saturated rings. The van der Waals surface area contributed by atoms with Crippen molar-refractivity contribution in [3.8, 4) is 5.88 Å². The molecule has 8 nitrogen and oxygen atoms in total. The topological polar surface area (TPSA) is 94.8 Å². The molecule has 0 aromatic carbocycles. The minimum Gasteiger partial charge on any atom is -0.467 e. The molecule has 3 aromatic heterocycles. The summed E-state index contributed by atoms with van der Waals surface area (Å²) in [6.45, 7) is 0.424. The van der Waals surface area contributed by atoms with Gasteiger partial charge in [-0.3, -0.25) is 9.48 Å². The second kappa shape index (κ2) is 7.88. The predicted molar refractivity (Wildman–Crippen MR) is 101 cm³/mol. The third-order valence-corrected chi connectivity index (χ3v) is 4.60. The Labute approximate surface area is 169 Å². The molecule has 4 rings (SSSR count). The summed E-state index contributed by atoms with van der Waals surface area (Å²) in [5.41, 5.74) is 1.60. The second-order valence-electron chi connectivity index (χ2n) is 7.34. The van der Waals surface area contributed by atoms with Crippen molar-refractivity contribution in [3.05, 3.63) is 35.8 Å². The first-order chi connectivity index (χ1) is 14.3. The molecule has 30 heavy (non-hydrogen) atoms. The lowest BCUT2D eigenvalue weighted by molar-refractivity contribution is -0.154. The van der Waals surface area contributed by atoms with Gasteiger partial charge < -0.3 is 10.1 Å². The number of amides is 1. The van der Waals surface area contributed by atoms with E-state index in [4.69, 9.17) is 0 Å². The number of carbonyl (C=O) groups is 1. The molecule has 0 radical (unpaired) electrons. The Hall–Kier alpha value is -3.24. The molecule has 158 valence electrons. The highest BCUT2D eigenvalue weighted by atomic mass is 19.4. The molecule has 0 saturated heterocycles. The average Bonchev–Trinajstić information content (AvgIpc) is 3.36. The zero-order chi connectivity index (χ0) is 21.3. The zero-order valence-corrected chi connectivity index (χ0v) is 16.1. The molecule has 0 aliphatic heterocycles. The molecular formula is C19H19F3N6O2. The molecule has 1 aliphatic carbocycles. The molecule has 3 heterocycles. The first kappa shape index (κ1) is 20.0. The van der Waals surface area contributed by atoms with Gasteiger partial charge in [0.1, 0.15) is 5.82 Å². The van der Waals surface area contributed by atoms with Crippen molar-refractivity contribution in [1.82, 2.24) is 25.0 Å². The number of carbonyl (C=O) groups excluding carboxylic acids is 1. The number of aromatic nitrogens is 5. The summed E-state index contributed by atoms with van der Waals surface area (Å²) in [6.07, 6.45) is 1.53. The number of halogens is 3. The van der Waals surface area contributed by atoms with E-state index in [1.807, 2.05) is 0 Å². The fourth-order valence-electron chi connectivity index (χ4n) is 3.01. The number of nitrogens with one attached hydrogen (secondary N) is 1. The van der Waals surface area contributed by atoms with Gasteiger partial charge in [-0.05, 0) is 37.8 Å². The summed E-state index contributed by atoms with van der Waals surface area (Å²) in [6, 6.07) is 3.33. The second-order valence-corrected chi connectivity index (χ2v) is 7.34. The van der Waals surface area contributed by atoms with Gasteiger partial charge in [0.25, 0.3) is 0 Å². The number of anilines is 1. The quantitative estimate of drug-likeness (QED) is 0.631. The molecule has 3 aromatic rings. The van der Waals surface area contributed by atoms with Crippen molar-refractivity contribution >= 4 is 22.6 Å². The fourth-order valence-corrected chi connectivity index (χ4v) is 3.01. The zero-order valence-electron chi connectivity index (χ0n) is 16.1. The van der Waals surface area contributed by atoms with Crippen LogP contribution >= 0.6 is 0 Å². The van der Waals surface area contributed by atoms with Gasteiger partial charge in [-0.1, -0.05) is 0 Å². The van der Waals surface area contributed by atoms with E-state index in [0.717, 1.165) is 12.8 Å². The molecule has 0 unspecified atom stereocenters. The number of hydrogen-bond donors (Lipinski definition) is 1. The first-order valence-corrected chi connectivity index (χ1v) is 9.41. The molecule has 0 bridgehead atoms. The Kier molecular flexibility index (Phi) is 5.27. The van der Waals surface area contributed by atoms with Crippen LogP contribution in [0.4, 0.5) is 19.0 Å². The van der Waals surface area contributed by atoms with E-state index in [0.29, 0.717) is 40.3 Å². The summed E-state index contributed by atoms with van der Waals surface area (Å²) < 4.78 is 43.2. The Morgan fingerprint density at radius 3 is 2.83 bits per heavy atom. The normalized spacial score (nSPS) is 14.1. The van der Waals surface area contributed by atoms with Crippen molar-refractivity contribution in [2.24, 2.45) is 5.92 Å². The number of aryl methyl sites for hydroxylation is 1. The summed E-state index contributed by atoms with van der Waals surface area (Å²) in [5, 5.41) is 15.6. The van der Waals surface area contributed by atoms with E-state index in [9.17, 15) is 18.0 Å². The van der Waals surface area contributed by atoms with Crippen molar-refractivity contribution < 1.29 is 22.7 Å². The smallest absolute Gasteiger partial charge is 0.422 e. The summed E-state index contributed by atoms with van der Waals surface area (Å²) in [4.78, 5) is 16.3. The summed E-state index contributed by atoms with van der Waals surface area (Å²) >= 11 is 0. The van der Waals surface area contributed by atoms with Gasteiger partial charge in [0.15, 0.2) is 6.61 Å². The van der Waals surface area contributed by atoms with Gasteiger partial charge in [0, 0.05) is 24.4 Å². The largest absolute Gasteiger partial charge is 0.467 e. The lowest BCUT2D eigenvalue weighted by Gasteiger charge is -2.10. The lowest BCUT2D eigenvalue weighted by atomic mass is 10.2. The minimum atomic E-state index is -4.44. The first-order valence-electron chi connectivity index (χ1n) is 9.41. The van der Waals surface area contributed by atoms with Gasteiger partial charge in [0.2, 0.25) is 11.8 Å². The maximum absolute atomic E-state index is 12.3. The van der Waals surface area contributed by atoms with E-state index >= 15 is 0 Å². The van der Waals surface area contributed by atoms with Crippen molar-refractivity contribution in [2.75, 3.05) is 11.9 Å².